The molecule has 0 aliphatic carbocycles. The Morgan fingerprint density at radius 1 is 1.25 bits per heavy atom. The number of amides is 1. The number of hydrogen-bond donors (Lipinski definition) is 2. The van der Waals surface area contributed by atoms with E-state index in [1.165, 1.54) is 34.7 Å². The Hall–Kier alpha value is -1.79. The first-order chi connectivity index (χ1) is 9.56. The van der Waals surface area contributed by atoms with Gasteiger partial charge in [-0.15, -0.1) is 23.1 Å². The van der Waals surface area contributed by atoms with Crippen molar-refractivity contribution in [2.24, 2.45) is 0 Å². The average Bonchev–Trinajstić information content (AvgIpc) is 2.86. The number of carbonyl (C=O) groups is 2. The Morgan fingerprint density at radius 2 is 1.95 bits per heavy atom. The largest absolute Gasteiger partial charge is 0.478 e. The first-order valence-electron chi connectivity index (χ1n) is 5.86. The molecular weight excluding hydrogens is 294 g/mol. The van der Waals surface area contributed by atoms with E-state index in [1.807, 2.05) is 31.2 Å². The number of aryl methyl sites for hydroxylation is 1. The van der Waals surface area contributed by atoms with Crippen LogP contribution < -0.4 is 5.32 Å². The van der Waals surface area contributed by atoms with Gasteiger partial charge >= 0.3 is 5.97 Å². The van der Waals surface area contributed by atoms with Crippen LogP contribution in [0.4, 0.5) is 5.00 Å². The fourth-order valence-corrected chi connectivity index (χ4v) is 3.01. The number of nitrogens with one attached hydrogen (secondary N) is 1. The summed E-state index contributed by atoms with van der Waals surface area (Å²) in [7, 11) is 0. The van der Waals surface area contributed by atoms with E-state index in [0.717, 1.165) is 4.90 Å². The highest BCUT2D eigenvalue weighted by Crippen LogP contribution is 2.24. The average molecular weight is 307 g/mol. The Kier molecular flexibility index (Phi) is 4.81. The van der Waals surface area contributed by atoms with Gasteiger partial charge in [-0.25, -0.2) is 4.79 Å². The van der Waals surface area contributed by atoms with Gasteiger partial charge in [0.25, 0.3) is 0 Å². The number of hydrogen-bond acceptors (Lipinski definition) is 4. The van der Waals surface area contributed by atoms with Crippen LogP contribution in [0.1, 0.15) is 15.9 Å². The molecule has 6 heteroatoms. The highest BCUT2D eigenvalue weighted by molar-refractivity contribution is 8.00. The van der Waals surface area contributed by atoms with Gasteiger partial charge < -0.3 is 10.4 Å². The van der Waals surface area contributed by atoms with E-state index in [4.69, 9.17) is 5.11 Å². The third-order valence-corrected chi connectivity index (χ3v) is 4.38. The smallest absolute Gasteiger partial charge is 0.338 e. The molecule has 2 N–H and O–H groups in total. The van der Waals surface area contributed by atoms with Crippen molar-refractivity contribution >= 4 is 40.0 Å². The van der Waals surface area contributed by atoms with Gasteiger partial charge in [-0.3, -0.25) is 4.79 Å². The Balaban J connectivity index is 1.91. The second kappa shape index (κ2) is 6.58. The van der Waals surface area contributed by atoms with Crippen molar-refractivity contribution in [1.29, 1.82) is 0 Å². The zero-order chi connectivity index (χ0) is 14.5. The Bertz CT molecular complexity index is 620. The van der Waals surface area contributed by atoms with Gasteiger partial charge in [-0.1, -0.05) is 17.7 Å². The molecule has 20 heavy (non-hydrogen) atoms. The fraction of sp³-hybridized carbons (Fsp3) is 0.143. The lowest BCUT2D eigenvalue weighted by molar-refractivity contribution is -0.113. The van der Waals surface area contributed by atoms with Crippen LogP contribution in [0.25, 0.3) is 0 Å². The number of thiophene rings is 1. The van der Waals surface area contributed by atoms with Gasteiger partial charge in [-0.2, -0.15) is 0 Å². The van der Waals surface area contributed by atoms with Gasteiger partial charge in [0.05, 0.1) is 11.3 Å². The van der Waals surface area contributed by atoms with Crippen LogP contribution in [0.3, 0.4) is 0 Å². The molecule has 2 aromatic rings. The monoisotopic (exact) mass is 307 g/mol. The van der Waals surface area contributed by atoms with Crippen LogP contribution in [0, 0.1) is 6.92 Å². The molecule has 1 aromatic carbocycles. The maximum Gasteiger partial charge on any atom is 0.338 e. The minimum atomic E-state index is -1.03. The van der Waals surface area contributed by atoms with Gasteiger partial charge in [0.2, 0.25) is 5.91 Å². The van der Waals surface area contributed by atoms with Crippen LogP contribution in [0.2, 0.25) is 0 Å². The van der Waals surface area contributed by atoms with Gasteiger partial charge in [-0.05, 0) is 30.5 Å². The molecule has 0 fully saturated rings. The Morgan fingerprint density at radius 3 is 2.60 bits per heavy atom. The Labute approximate surface area is 124 Å². The number of aromatic carboxylic acids is 1. The van der Waals surface area contributed by atoms with Crippen molar-refractivity contribution in [1.82, 2.24) is 0 Å². The molecule has 0 spiro atoms. The lowest BCUT2D eigenvalue weighted by atomic mass is 10.2. The van der Waals surface area contributed by atoms with Crippen LogP contribution in [-0.2, 0) is 4.79 Å². The summed E-state index contributed by atoms with van der Waals surface area (Å²) >= 11 is 2.63. The normalized spacial score (nSPS) is 10.2. The summed E-state index contributed by atoms with van der Waals surface area (Å²) in [5.41, 5.74) is 1.30. The molecule has 1 heterocycles. The van der Waals surface area contributed by atoms with Crippen molar-refractivity contribution in [3.05, 3.63) is 46.8 Å². The molecule has 2 rings (SSSR count). The van der Waals surface area contributed by atoms with E-state index in [-0.39, 0.29) is 17.2 Å². The summed E-state index contributed by atoms with van der Waals surface area (Å²) in [6, 6.07) is 9.38. The van der Waals surface area contributed by atoms with Crippen LogP contribution in [-0.4, -0.2) is 22.7 Å². The third-order valence-electron chi connectivity index (χ3n) is 2.54. The summed E-state index contributed by atoms with van der Waals surface area (Å²) < 4.78 is 0. The molecule has 4 nitrogen and oxygen atoms in total. The lowest BCUT2D eigenvalue weighted by Crippen LogP contribution is -2.15. The summed E-state index contributed by atoms with van der Waals surface area (Å²) in [6.07, 6.45) is 0. The quantitative estimate of drug-likeness (QED) is 0.830. The molecule has 0 radical (unpaired) electrons. The number of carboxylic acid groups (broad SMARTS) is 1. The van der Waals surface area contributed by atoms with Gasteiger partial charge in [0.15, 0.2) is 0 Å². The second-order valence-corrected chi connectivity index (χ2v) is 6.08. The molecule has 0 saturated heterocycles. The maximum atomic E-state index is 11.8. The fourth-order valence-electron chi connectivity index (χ4n) is 1.52. The molecule has 0 saturated carbocycles. The topological polar surface area (TPSA) is 66.4 Å². The van der Waals surface area contributed by atoms with Crippen LogP contribution >= 0.6 is 23.1 Å². The molecule has 0 unspecified atom stereocenters. The molecule has 1 amide bonds. The molecular formula is C14H13NO3S2. The number of benzene rings is 1. The number of carboxylic acids is 1. The van der Waals surface area contributed by atoms with Crippen molar-refractivity contribution < 1.29 is 14.7 Å². The number of anilines is 1. The molecule has 0 bridgehead atoms. The van der Waals surface area contributed by atoms with E-state index in [2.05, 4.69) is 5.32 Å². The van der Waals surface area contributed by atoms with Crippen LogP contribution in [0.15, 0.2) is 40.6 Å². The van der Waals surface area contributed by atoms with E-state index >= 15 is 0 Å². The molecule has 0 aliphatic heterocycles. The minimum absolute atomic E-state index is 0.128. The van der Waals surface area contributed by atoms with E-state index < -0.39 is 5.97 Å². The predicted octanol–water partition coefficient (Wildman–Crippen LogP) is 3.49. The molecule has 0 atom stereocenters. The number of thioether (sulfide) groups is 1. The maximum absolute atomic E-state index is 11.8. The van der Waals surface area contributed by atoms with Crippen molar-refractivity contribution in [2.75, 3.05) is 11.1 Å². The summed E-state index contributed by atoms with van der Waals surface area (Å²) in [5.74, 6) is -0.992. The standard InChI is InChI=1S/C14H13NO3S2/c1-9-2-4-10(5-3-9)20-8-12(16)15-13-11(14(17)18)6-7-19-13/h2-7H,8H2,1H3,(H,15,16)(H,17,18). The van der Waals surface area contributed by atoms with Gasteiger partial charge in [0.1, 0.15) is 5.00 Å². The third kappa shape index (κ3) is 3.85. The second-order valence-electron chi connectivity index (χ2n) is 4.12. The van der Waals surface area contributed by atoms with E-state index in [0.29, 0.717) is 5.00 Å². The molecule has 1 aromatic heterocycles. The summed E-state index contributed by atoms with van der Waals surface area (Å²) in [6.45, 7) is 2.01. The zero-order valence-electron chi connectivity index (χ0n) is 10.8. The summed E-state index contributed by atoms with van der Waals surface area (Å²) in [5, 5.41) is 13.6. The molecule has 104 valence electrons. The van der Waals surface area contributed by atoms with E-state index in [1.54, 1.807) is 5.38 Å². The lowest BCUT2D eigenvalue weighted by Gasteiger charge is -2.04. The van der Waals surface area contributed by atoms with Gasteiger partial charge in [0, 0.05) is 4.90 Å². The summed E-state index contributed by atoms with van der Waals surface area (Å²) in [4.78, 5) is 23.7. The molecule has 0 aliphatic rings. The predicted molar refractivity (Wildman–Crippen MR) is 81.8 cm³/mol. The van der Waals surface area contributed by atoms with Crippen molar-refractivity contribution in [3.63, 3.8) is 0 Å². The number of carbonyl (C=O) groups excluding carboxylic acids is 1. The first-order valence-corrected chi connectivity index (χ1v) is 7.73. The van der Waals surface area contributed by atoms with Crippen LogP contribution in [0.5, 0.6) is 0 Å². The number of rotatable bonds is 5. The van der Waals surface area contributed by atoms with Crippen molar-refractivity contribution in [3.8, 4) is 0 Å². The SMILES string of the molecule is Cc1ccc(SCC(=O)Nc2sccc2C(=O)O)cc1. The zero-order valence-corrected chi connectivity index (χ0v) is 12.4. The highest BCUT2D eigenvalue weighted by Gasteiger charge is 2.13. The minimum Gasteiger partial charge on any atom is -0.478 e. The first kappa shape index (κ1) is 14.6. The highest BCUT2D eigenvalue weighted by atomic mass is 32.2. The van der Waals surface area contributed by atoms with Crippen molar-refractivity contribution in [2.45, 2.75) is 11.8 Å². The van der Waals surface area contributed by atoms with E-state index in [9.17, 15) is 9.59 Å².